The lowest BCUT2D eigenvalue weighted by molar-refractivity contribution is -0.121. The summed E-state index contributed by atoms with van der Waals surface area (Å²) in [6, 6.07) is 0. The minimum Gasteiger partial charge on any atom is -0.310 e. The van der Waals surface area contributed by atoms with Gasteiger partial charge in [0.05, 0.1) is 0 Å². The van der Waals surface area contributed by atoms with Gasteiger partial charge in [0.25, 0.3) is 0 Å². The van der Waals surface area contributed by atoms with Crippen LogP contribution in [0.15, 0.2) is 0 Å². The highest BCUT2D eigenvalue weighted by Crippen LogP contribution is 2.32. The Balaban J connectivity index is 2.05. The van der Waals surface area contributed by atoms with Crippen LogP contribution in [0.3, 0.4) is 0 Å². The maximum absolute atomic E-state index is 11.2. The normalized spacial score (nSPS) is 38.4. The van der Waals surface area contributed by atoms with E-state index in [2.05, 4.69) is 5.32 Å². The third kappa shape index (κ3) is 1.44. The van der Waals surface area contributed by atoms with Gasteiger partial charge >= 0.3 is 0 Å². The van der Waals surface area contributed by atoms with Gasteiger partial charge in [0.1, 0.15) is 5.78 Å². The first-order valence-electron chi connectivity index (χ1n) is 4.15. The van der Waals surface area contributed by atoms with Crippen molar-refractivity contribution in [1.82, 2.24) is 5.32 Å². The van der Waals surface area contributed by atoms with E-state index in [4.69, 9.17) is 0 Å². The zero-order valence-corrected chi connectivity index (χ0v) is 7.38. The molecular formula is C8H13NOS. The molecule has 0 bridgehead atoms. The third-order valence-electron chi connectivity index (χ3n) is 2.54. The average Bonchev–Trinajstić information content (AvgIpc) is 2.37. The lowest BCUT2D eigenvalue weighted by atomic mass is 9.88. The van der Waals surface area contributed by atoms with Crippen molar-refractivity contribution < 1.29 is 4.79 Å². The molecule has 1 unspecified atom stereocenters. The maximum Gasteiger partial charge on any atom is 0.136 e. The Morgan fingerprint density at radius 3 is 3.09 bits per heavy atom. The number of thioether (sulfide) groups is 1. The Kier molecular flexibility index (Phi) is 1.93. The zero-order valence-electron chi connectivity index (χ0n) is 6.56. The number of ketones is 1. The van der Waals surface area contributed by atoms with E-state index < -0.39 is 0 Å². The van der Waals surface area contributed by atoms with Gasteiger partial charge in [-0.2, -0.15) is 11.8 Å². The molecule has 2 rings (SSSR count). The van der Waals surface area contributed by atoms with Crippen LogP contribution in [-0.2, 0) is 4.79 Å². The fourth-order valence-corrected chi connectivity index (χ4v) is 3.30. The zero-order chi connectivity index (χ0) is 7.73. The summed E-state index contributed by atoms with van der Waals surface area (Å²) in [5.41, 5.74) is 0.208. The van der Waals surface area contributed by atoms with E-state index in [-0.39, 0.29) is 5.54 Å². The highest BCUT2D eigenvalue weighted by Gasteiger charge is 2.37. The number of rotatable bonds is 0. The molecule has 2 heterocycles. The van der Waals surface area contributed by atoms with Gasteiger partial charge in [-0.1, -0.05) is 0 Å². The van der Waals surface area contributed by atoms with Crippen molar-refractivity contribution in [2.75, 3.05) is 18.1 Å². The standard InChI is InChI=1S/C8H13NOS/c10-7-1-3-9-8(5-7)2-4-11-6-8/h9H,1-6H2. The van der Waals surface area contributed by atoms with Crippen LogP contribution >= 0.6 is 11.8 Å². The Bertz CT molecular complexity index is 175. The lowest BCUT2D eigenvalue weighted by Crippen LogP contribution is -2.51. The molecule has 0 aromatic rings. The first kappa shape index (κ1) is 7.62. The van der Waals surface area contributed by atoms with E-state index in [0.717, 1.165) is 25.1 Å². The van der Waals surface area contributed by atoms with Crippen LogP contribution in [0.25, 0.3) is 0 Å². The molecule has 0 amide bonds. The summed E-state index contributed by atoms with van der Waals surface area (Å²) in [5.74, 6) is 2.81. The Labute approximate surface area is 71.1 Å². The number of carbonyl (C=O) groups excluding carboxylic acids is 1. The monoisotopic (exact) mass is 171 g/mol. The van der Waals surface area contributed by atoms with Gasteiger partial charge in [0.15, 0.2) is 0 Å². The molecule has 0 aromatic heterocycles. The third-order valence-corrected chi connectivity index (χ3v) is 3.79. The molecule has 0 aromatic carbocycles. The second kappa shape index (κ2) is 2.79. The Morgan fingerprint density at radius 1 is 1.55 bits per heavy atom. The van der Waals surface area contributed by atoms with Crippen molar-refractivity contribution in [3.05, 3.63) is 0 Å². The van der Waals surface area contributed by atoms with Crippen molar-refractivity contribution >= 4 is 17.5 Å². The summed E-state index contributed by atoms with van der Waals surface area (Å²) >= 11 is 1.97. The van der Waals surface area contributed by atoms with E-state index >= 15 is 0 Å². The molecule has 62 valence electrons. The van der Waals surface area contributed by atoms with Gasteiger partial charge in [-0.25, -0.2) is 0 Å². The first-order valence-corrected chi connectivity index (χ1v) is 5.31. The van der Waals surface area contributed by atoms with Crippen LogP contribution in [0.1, 0.15) is 19.3 Å². The number of carbonyl (C=O) groups is 1. The molecule has 1 spiro atoms. The van der Waals surface area contributed by atoms with Crippen molar-refractivity contribution in [3.63, 3.8) is 0 Å². The molecule has 2 nitrogen and oxygen atoms in total. The molecule has 0 radical (unpaired) electrons. The van der Waals surface area contributed by atoms with E-state index in [1.165, 1.54) is 12.2 Å². The summed E-state index contributed by atoms with van der Waals surface area (Å²) in [5, 5.41) is 3.48. The smallest absolute Gasteiger partial charge is 0.136 e. The van der Waals surface area contributed by atoms with Gasteiger partial charge < -0.3 is 5.32 Å². The summed E-state index contributed by atoms with van der Waals surface area (Å²) in [6.45, 7) is 0.902. The van der Waals surface area contributed by atoms with Gasteiger partial charge in [0.2, 0.25) is 0 Å². The Morgan fingerprint density at radius 2 is 2.45 bits per heavy atom. The number of hydrogen-bond donors (Lipinski definition) is 1. The van der Waals surface area contributed by atoms with Gasteiger partial charge in [-0.3, -0.25) is 4.79 Å². The van der Waals surface area contributed by atoms with Crippen LogP contribution in [0.2, 0.25) is 0 Å². The Hall–Kier alpha value is -0.0200. The van der Waals surface area contributed by atoms with Crippen molar-refractivity contribution in [2.45, 2.75) is 24.8 Å². The van der Waals surface area contributed by atoms with E-state index in [1.54, 1.807) is 0 Å². The van der Waals surface area contributed by atoms with Crippen LogP contribution in [0.5, 0.6) is 0 Å². The molecule has 3 heteroatoms. The fraction of sp³-hybridized carbons (Fsp3) is 0.875. The average molecular weight is 171 g/mol. The minimum atomic E-state index is 0.208. The predicted octanol–water partition coefficient (Wildman–Crippen LogP) is 0.815. The van der Waals surface area contributed by atoms with Crippen molar-refractivity contribution in [3.8, 4) is 0 Å². The van der Waals surface area contributed by atoms with Crippen LogP contribution in [-0.4, -0.2) is 29.4 Å². The second-order valence-corrected chi connectivity index (χ2v) is 4.58. The number of Topliss-reactive ketones (excluding diaryl/α,β-unsaturated/α-hetero) is 1. The van der Waals surface area contributed by atoms with Crippen LogP contribution < -0.4 is 5.32 Å². The molecule has 2 fully saturated rings. The van der Waals surface area contributed by atoms with Crippen molar-refractivity contribution in [2.24, 2.45) is 0 Å². The highest BCUT2D eigenvalue weighted by molar-refractivity contribution is 7.99. The minimum absolute atomic E-state index is 0.208. The van der Waals surface area contributed by atoms with Gasteiger partial charge in [0, 0.05) is 30.7 Å². The van der Waals surface area contributed by atoms with E-state index in [9.17, 15) is 4.79 Å². The summed E-state index contributed by atoms with van der Waals surface area (Å²) in [6.07, 6.45) is 2.70. The molecule has 2 aliphatic heterocycles. The SMILES string of the molecule is O=C1CCNC2(CCSC2)C1. The molecular weight excluding hydrogens is 158 g/mol. The fourth-order valence-electron chi connectivity index (χ4n) is 1.88. The van der Waals surface area contributed by atoms with E-state index in [0.29, 0.717) is 5.78 Å². The summed E-state index contributed by atoms with van der Waals surface area (Å²) < 4.78 is 0. The largest absolute Gasteiger partial charge is 0.310 e. The van der Waals surface area contributed by atoms with Crippen LogP contribution in [0.4, 0.5) is 0 Å². The number of hydrogen-bond acceptors (Lipinski definition) is 3. The molecule has 1 N–H and O–H groups in total. The predicted molar refractivity (Wildman–Crippen MR) is 46.9 cm³/mol. The van der Waals surface area contributed by atoms with Gasteiger partial charge in [-0.05, 0) is 12.2 Å². The van der Waals surface area contributed by atoms with Gasteiger partial charge in [-0.15, -0.1) is 0 Å². The summed E-state index contributed by atoms with van der Waals surface area (Å²) in [7, 11) is 0. The van der Waals surface area contributed by atoms with Crippen LogP contribution in [0, 0.1) is 0 Å². The maximum atomic E-state index is 11.2. The second-order valence-electron chi connectivity index (χ2n) is 3.48. The molecule has 11 heavy (non-hydrogen) atoms. The lowest BCUT2D eigenvalue weighted by Gasteiger charge is -2.32. The topological polar surface area (TPSA) is 29.1 Å². The molecule has 0 saturated carbocycles. The quantitative estimate of drug-likeness (QED) is 0.585. The molecule has 1 atom stereocenters. The molecule has 2 saturated heterocycles. The molecule has 2 aliphatic rings. The molecule has 0 aliphatic carbocycles. The first-order chi connectivity index (χ1) is 5.31. The number of nitrogens with one attached hydrogen (secondary N) is 1. The highest BCUT2D eigenvalue weighted by atomic mass is 32.2. The van der Waals surface area contributed by atoms with Crippen molar-refractivity contribution in [1.29, 1.82) is 0 Å². The van der Waals surface area contributed by atoms with E-state index in [1.807, 2.05) is 11.8 Å². The summed E-state index contributed by atoms with van der Waals surface area (Å²) in [4.78, 5) is 11.2. The number of piperidine rings is 1.